The molecule has 5 heteroatoms. The quantitative estimate of drug-likeness (QED) is 0.493. The number of fused-ring (bicyclic) bond motifs is 1. The molecule has 3 N–H and O–H groups in total. The van der Waals surface area contributed by atoms with Crippen LogP contribution in [0, 0.1) is 6.92 Å². The number of anilines is 1. The fourth-order valence-corrected chi connectivity index (χ4v) is 3.63. The summed E-state index contributed by atoms with van der Waals surface area (Å²) < 4.78 is 0. The van der Waals surface area contributed by atoms with Crippen molar-refractivity contribution >= 4 is 24.0 Å². The molecule has 134 valence electrons. The van der Waals surface area contributed by atoms with Crippen LogP contribution in [0.3, 0.4) is 0 Å². The van der Waals surface area contributed by atoms with Gasteiger partial charge in [0.2, 0.25) is 0 Å². The van der Waals surface area contributed by atoms with E-state index in [1.165, 1.54) is 15.4 Å². The lowest BCUT2D eigenvalue weighted by Gasteiger charge is -2.24. The van der Waals surface area contributed by atoms with Gasteiger partial charge in [-0.3, -0.25) is 0 Å². The minimum Gasteiger partial charge on any atom is -0.387 e. The van der Waals surface area contributed by atoms with Gasteiger partial charge in [0.25, 0.3) is 0 Å². The first-order chi connectivity index (χ1) is 12.6. The van der Waals surface area contributed by atoms with Crippen LogP contribution in [0.15, 0.2) is 36.4 Å². The zero-order valence-electron chi connectivity index (χ0n) is 15.0. The molecule has 2 aromatic rings. The molecule has 5 nitrogen and oxygen atoms in total. The summed E-state index contributed by atoms with van der Waals surface area (Å²) in [5.74, 6) is 6.15. The third kappa shape index (κ3) is 3.06. The SMILES string of the molecule is Cc1ccc(N(N)C(=O)N2CCCC2)cc1-c1ccc2c(c1)=CNCC=2. The van der Waals surface area contributed by atoms with E-state index in [2.05, 4.69) is 36.5 Å². The smallest absolute Gasteiger partial charge is 0.338 e. The molecule has 2 aliphatic heterocycles. The van der Waals surface area contributed by atoms with Crippen molar-refractivity contribution in [3.05, 3.63) is 52.4 Å². The second-order valence-corrected chi connectivity index (χ2v) is 6.95. The fraction of sp³-hybridized carbons (Fsp3) is 0.286. The number of rotatable bonds is 2. The Bertz CT molecular complexity index is 960. The monoisotopic (exact) mass is 348 g/mol. The van der Waals surface area contributed by atoms with Crippen LogP contribution in [0.4, 0.5) is 10.5 Å². The summed E-state index contributed by atoms with van der Waals surface area (Å²) in [5, 5.41) is 6.94. The van der Waals surface area contributed by atoms with Gasteiger partial charge in [0.1, 0.15) is 0 Å². The summed E-state index contributed by atoms with van der Waals surface area (Å²) >= 11 is 0. The number of carbonyl (C=O) groups is 1. The van der Waals surface area contributed by atoms with Gasteiger partial charge in [0.05, 0.1) is 5.69 Å². The molecule has 0 unspecified atom stereocenters. The van der Waals surface area contributed by atoms with E-state index < -0.39 is 0 Å². The topological polar surface area (TPSA) is 61.6 Å². The number of hydrazine groups is 1. The second-order valence-electron chi connectivity index (χ2n) is 6.95. The first-order valence-corrected chi connectivity index (χ1v) is 9.12. The summed E-state index contributed by atoms with van der Waals surface area (Å²) in [6, 6.07) is 12.3. The molecule has 0 radical (unpaired) electrons. The van der Waals surface area contributed by atoms with Gasteiger partial charge in [0, 0.05) is 25.8 Å². The number of hydrogen-bond donors (Lipinski definition) is 2. The minimum atomic E-state index is -0.130. The Kier molecular flexibility index (Phi) is 4.39. The standard InChI is InChI=1S/C21H24N4O/c1-15-4-7-19(25(22)21(26)24-10-2-3-11-24)13-20(15)17-6-5-16-8-9-23-14-18(16)12-17/h4-8,12-14,23H,2-3,9-11,22H2,1H3. The largest absolute Gasteiger partial charge is 0.387 e. The molecule has 0 atom stereocenters. The zero-order chi connectivity index (χ0) is 18.1. The maximum Gasteiger partial charge on any atom is 0.338 e. The summed E-state index contributed by atoms with van der Waals surface area (Å²) in [6.45, 7) is 4.52. The number of amides is 2. The van der Waals surface area contributed by atoms with E-state index in [-0.39, 0.29) is 6.03 Å². The predicted octanol–water partition coefficient (Wildman–Crippen LogP) is 1.68. The molecule has 4 rings (SSSR count). The fourth-order valence-electron chi connectivity index (χ4n) is 3.63. The lowest BCUT2D eigenvalue weighted by molar-refractivity contribution is 0.215. The lowest BCUT2D eigenvalue weighted by atomic mass is 9.98. The molecule has 0 saturated carbocycles. The average molecular weight is 348 g/mol. The van der Waals surface area contributed by atoms with Crippen LogP contribution in [0.1, 0.15) is 18.4 Å². The highest BCUT2D eigenvalue weighted by Crippen LogP contribution is 2.27. The number of aryl methyl sites for hydroxylation is 1. The Morgan fingerprint density at radius 2 is 1.92 bits per heavy atom. The molecule has 2 aliphatic rings. The van der Waals surface area contributed by atoms with Gasteiger partial charge >= 0.3 is 6.03 Å². The summed E-state index contributed by atoms with van der Waals surface area (Å²) in [7, 11) is 0. The zero-order valence-corrected chi connectivity index (χ0v) is 15.0. The highest BCUT2D eigenvalue weighted by Gasteiger charge is 2.23. The summed E-state index contributed by atoms with van der Waals surface area (Å²) in [5.41, 5.74) is 4.09. The van der Waals surface area contributed by atoms with Gasteiger partial charge < -0.3 is 10.2 Å². The van der Waals surface area contributed by atoms with Crippen LogP contribution in [-0.2, 0) is 0 Å². The average Bonchev–Trinajstić information content (AvgIpc) is 3.21. The van der Waals surface area contributed by atoms with Gasteiger partial charge in [0.15, 0.2) is 0 Å². The van der Waals surface area contributed by atoms with Gasteiger partial charge in [-0.1, -0.05) is 24.3 Å². The van der Waals surface area contributed by atoms with Crippen LogP contribution in [0.25, 0.3) is 23.4 Å². The maximum absolute atomic E-state index is 12.6. The number of nitrogens with two attached hydrogens (primary N) is 1. The number of nitrogens with zero attached hydrogens (tertiary/aromatic N) is 2. The van der Waals surface area contributed by atoms with Crippen LogP contribution < -0.4 is 26.6 Å². The first-order valence-electron chi connectivity index (χ1n) is 9.12. The highest BCUT2D eigenvalue weighted by atomic mass is 16.2. The molecule has 2 aromatic carbocycles. The molecule has 26 heavy (non-hydrogen) atoms. The summed E-state index contributed by atoms with van der Waals surface area (Å²) in [4.78, 5) is 14.4. The molecular weight excluding hydrogens is 324 g/mol. The van der Waals surface area contributed by atoms with E-state index >= 15 is 0 Å². The first kappa shape index (κ1) is 16.7. The van der Waals surface area contributed by atoms with Crippen molar-refractivity contribution in [2.24, 2.45) is 5.84 Å². The molecule has 0 spiro atoms. The molecule has 2 amide bonds. The van der Waals surface area contributed by atoms with Gasteiger partial charge in [-0.25, -0.2) is 15.6 Å². The number of benzene rings is 2. The van der Waals surface area contributed by atoms with Crippen molar-refractivity contribution in [1.82, 2.24) is 10.2 Å². The minimum absolute atomic E-state index is 0.130. The molecule has 0 bridgehead atoms. The Hall–Kier alpha value is -2.79. The van der Waals surface area contributed by atoms with Crippen molar-refractivity contribution < 1.29 is 4.79 Å². The van der Waals surface area contributed by atoms with Crippen LogP contribution >= 0.6 is 0 Å². The Labute approximate surface area is 153 Å². The third-order valence-electron chi connectivity index (χ3n) is 5.18. The number of nitrogens with one attached hydrogen (secondary N) is 1. The van der Waals surface area contributed by atoms with Crippen LogP contribution in [0.2, 0.25) is 0 Å². The predicted molar refractivity (Wildman–Crippen MR) is 106 cm³/mol. The van der Waals surface area contributed by atoms with Crippen LogP contribution in [-0.4, -0.2) is 30.6 Å². The van der Waals surface area contributed by atoms with E-state index in [9.17, 15) is 4.79 Å². The van der Waals surface area contributed by atoms with Crippen LogP contribution in [0.5, 0.6) is 0 Å². The van der Waals surface area contributed by atoms with Gasteiger partial charge in [-0.05, 0) is 65.1 Å². The number of urea groups is 1. The lowest BCUT2D eigenvalue weighted by Crippen LogP contribution is -2.46. The van der Waals surface area contributed by atoms with Crippen molar-refractivity contribution in [2.45, 2.75) is 19.8 Å². The molecule has 1 fully saturated rings. The summed E-state index contributed by atoms with van der Waals surface area (Å²) in [6.07, 6.45) is 6.33. The van der Waals surface area contributed by atoms with Crippen molar-refractivity contribution in [1.29, 1.82) is 0 Å². The Balaban J connectivity index is 1.70. The van der Waals surface area contributed by atoms with Gasteiger partial charge in [-0.15, -0.1) is 0 Å². The second kappa shape index (κ2) is 6.84. The molecule has 1 saturated heterocycles. The Morgan fingerprint density at radius 1 is 1.12 bits per heavy atom. The van der Waals surface area contributed by atoms with E-state index in [0.29, 0.717) is 5.69 Å². The van der Waals surface area contributed by atoms with Crippen molar-refractivity contribution in [3.63, 3.8) is 0 Å². The third-order valence-corrected chi connectivity index (χ3v) is 5.18. The van der Waals surface area contributed by atoms with Gasteiger partial charge in [-0.2, -0.15) is 0 Å². The van der Waals surface area contributed by atoms with Crippen molar-refractivity contribution in [2.75, 3.05) is 24.6 Å². The molecule has 2 heterocycles. The van der Waals surface area contributed by atoms with E-state index in [1.54, 1.807) is 0 Å². The van der Waals surface area contributed by atoms with E-state index in [4.69, 9.17) is 5.84 Å². The molecular formula is C21H24N4O. The number of hydrogen-bond acceptors (Lipinski definition) is 3. The number of carbonyl (C=O) groups excluding carboxylic acids is 1. The van der Waals surface area contributed by atoms with E-state index in [0.717, 1.165) is 49.2 Å². The molecule has 0 aliphatic carbocycles. The normalized spacial score (nSPS) is 15.5. The highest BCUT2D eigenvalue weighted by molar-refractivity contribution is 5.92. The van der Waals surface area contributed by atoms with E-state index in [1.807, 2.05) is 29.3 Å². The number of likely N-dealkylation sites (tertiary alicyclic amines) is 1. The maximum atomic E-state index is 12.6. The molecule has 0 aromatic heterocycles. The van der Waals surface area contributed by atoms with Crippen molar-refractivity contribution in [3.8, 4) is 11.1 Å². The Morgan fingerprint density at radius 3 is 2.73 bits per heavy atom.